The van der Waals surface area contributed by atoms with Gasteiger partial charge in [0.05, 0.1) is 0 Å². The van der Waals surface area contributed by atoms with Gasteiger partial charge in [-0.3, -0.25) is 0 Å². The molecule has 0 fully saturated rings. The molecule has 0 aromatic heterocycles. The molecule has 0 unspecified atom stereocenters. The van der Waals surface area contributed by atoms with E-state index in [-0.39, 0.29) is 12.9 Å². The van der Waals surface area contributed by atoms with Gasteiger partial charge < -0.3 is 14.6 Å². The predicted molar refractivity (Wildman–Crippen MR) is 36.2 cm³/mol. The van der Waals surface area contributed by atoms with Crippen molar-refractivity contribution in [2.75, 3.05) is 20.8 Å². The fraction of sp³-hybridized carbons (Fsp3) is 1.00. The maximum absolute atomic E-state index is 7.57. The van der Waals surface area contributed by atoms with Crippen molar-refractivity contribution in [2.45, 2.75) is 20.1 Å². The molecule has 0 heterocycles. The van der Waals surface area contributed by atoms with E-state index in [9.17, 15) is 0 Å². The van der Waals surface area contributed by atoms with Gasteiger partial charge >= 0.3 is 0 Å². The lowest BCUT2D eigenvalue weighted by atomic mass is 10.8. The quantitative estimate of drug-likeness (QED) is 0.566. The van der Waals surface area contributed by atoms with Crippen molar-refractivity contribution in [3.8, 4) is 0 Å². The normalized spacial score (nSPS) is 8.67. The van der Waals surface area contributed by atoms with Crippen molar-refractivity contribution in [1.82, 2.24) is 0 Å². The fourth-order valence-electron chi connectivity index (χ4n) is 0.0962. The lowest BCUT2D eigenvalue weighted by molar-refractivity contribution is -0.0877. The standard InChI is InChI=1S/C4H10O2.C2H6O/c1-4(5-2)6-3;1-2-3/h4H,1-3H3;3H,2H2,1H3. The Labute approximate surface area is 56.6 Å². The van der Waals surface area contributed by atoms with E-state index in [1.165, 1.54) is 0 Å². The first kappa shape index (κ1) is 11.6. The molecule has 0 aliphatic heterocycles. The van der Waals surface area contributed by atoms with Gasteiger partial charge in [0.15, 0.2) is 6.29 Å². The van der Waals surface area contributed by atoms with Crippen molar-refractivity contribution >= 4 is 0 Å². The summed E-state index contributed by atoms with van der Waals surface area (Å²) in [7, 11) is 3.21. The topological polar surface area (TPSA) is 38.7 Å². The maximum atomic E-state index is 7.57. The Hall–Kier alpha value is -0.120. The Morgan fingerprint density at radius 1 is 1.33 bits per heavy atom. The lowest BCUT2D eigenvalue weighted by Gasteiger charge is -2.03. The number of hydrogen-bond donors (Lipinski definition) is 1. The summed E-state index contributed by atoms with van der Waals surface area (Å²) in [5.41, 5.74) is 0. The molecule has 0 aromatic rings. The van der Waals surface area contributed by atoms with E-state index in [1.807, 2.05) is 6.92 Å². The van der Waals surface area contributed by atoms with Crippen LogP contribution in [0.15, 0.2) is 0 Å². The Morgan fingerprint density at radius 2 is 1.56 bits per heavy atom. The van der Waals surface area contributed by atoms with E-state index in [1.54, 1.807) is 21.1 Å². The molecule has 0 aliphatic carbocycles. The Bertz CT molecular complexity index is 35.3. The number of rotatable bonds is 2. The van der Waals surface area contributed by atoms with Crippen LogP contribution in [0.2, 0.25) is 0 Å². The van der Waals surface area contributed by atoms with E-state index in [2.05, 4.69) is 9.47 Å². The molecule has 0 saturated carbocycles. The summed E-state index contributed by atoms with van der Waals surface area (Å²) in [6.07, 6.45) is -0.0648. The maximum Gasteiger partial charge on any atom is 0.154 e. The minimum Gasteiger partial charge on any atom is -0.397 e. The van der Waals surface area contributed by atoms with Crippen molar-refractivity contribution in [3.63, 3.8) is 0 Å². The fourth-order valence-corrected chi connectivity index (χ4v) is 0.0962. The first-order valence-corrected chi connectivity index (χ1v) is 2.89. The van der Waals surface area contributed by atoms with Crippen LogP contribution >= 0.6 is 0 Å². The third kappa shape index (κ3) is 18.1. The van der Waals surface area contributed by atoms with Gasteiger partial charge in [-0.15, -0.1) is 0 Å². The number of hydrogen-bond acceptors (Lipinski definition) is 3. The first-order chi connectivity index (χ1) is 4.22. The average Bonchev–Trinajstić information content (AvgIpc) is 1.88. The van der Waals surface area contributed by atoms with Gasteiger partial charge in [0.25, 0.3) is 0 Å². The molecule has 0 amide bonds. The van der Waals surface area contributed by atoms with E-state index in [0.29, 0.717) is 0 Å². The molecule has 0 radical (unpaired) electrons. The van der Waals surface area contributed by atoms with Gasteiger partial charge in [0, 0.05) is 20.8 Å². The van der Waals surface area contributed by atoms with Crippen LogP contribution in [0.1, 0.15) is 13.8 Å². The number of aliphatic hydroxyl groups excluding tert-OH is 1. The van der Waals surface area contributed by atoms with Crippen LogP contribution in [0.5, 0.6) is 0 Å². The van der Waals surface area contributed by atoms with Gasteiger partial charge in [-0.1, -0.05) is 0 Å². The molecule has 0 atom stereocenters. The smallest absolute Gasteiger partial charge is 0.154 e. The molecule has 3 heteroatoms. The van der Waals surface area contributed by atoms with Gasteiger partial charge in [0.2, 0.25) is 0 Å². The van der Waals surface area contributed by atoms with Crippen molar-refractivity contribution in [2.24, 2.45) is 0 Å². The van der Waals surface area contributed by atoms with Gasteiger partial charge in [-0.2, -0.15) is 0 Å². The van der Waals surface area contributed by atoms with Crippen LogP contribution in [-0.4, -0.2) is 32.2 Å². The molecule has 0 rings (SSSR count). The minimum atomic E-state index is -0.0648. The predicted octanol–water partition coefficient (Wildman–Crippen LogP) is 0.624. The second kappa shape index (κ2) is 10.8. The highest BCUT2D eigenvalue weighted by molar-refractivity contribution is 4.17. The molecule has 3 nitrogen and oxygen atoms in total. The summed E-state index contributed by atoms with van der Waals surface area (Å²) in [6.45, 7) is 3.76. The van der Waals surface area contributed by atoms with Crippen LogP contribution < -0.4 is 0 Å². The van der Waals surface area contributed by atoms with Crippen LogP contribution in [0.25, 0.3) is 0 Å². The van der Waals surface area contributed by atoms with Crippen LogP contribution in [0.4, 0.5) is 0 Å². The zero-order valence-corrected chi connectivity index (χ0v) is 6.55. The molecule has 58 valence electrons. The van der Waals surface area contributed by atoms with Crippen LogP contribution in [0, 0.1) is 0 Å². The Balaban J connectivity index is 0. The molecule has 0 aromatic carbocycles. The largest absolute Gasteiger partial charge is 0.397 e. The molecular weight excluding hydrogens is 120 g/mol. The molecule has 0 spiro atoms. The second-order valence-electron chi connectivity index (χ2n) is 1.36. The highest BCUT2D eigenvalue weighted by atomic mass is 16.7. The zero-order chi connectivity index (χ0) is 7.70. The SMILES string of the molecule is CCO.COC(C)OC. The highest BCUT2D eigenvalue weighted by Crippen LogP contribution is 1.82. The van der Waals surface area contributed by atoms with Crippen molar-refractivity contribution < 1.29 is 14.6 Å². The molecule has 1 N–H and O–H groups in total. The van der Waals surface area contributed by atoms with E-state index in [4.69, 9.17) is 5.11 Å². The van der Waals surface area contributed by atoms with Crippen LogP contribution in [0.3, 0.4) is 0 Å². The van der Waals surface area contributed by atoms with E-state index in [0.717, 1.165) is 0 Å². The first-order valence-electron chi connectivity index (χ1n) is 2.89. The second-order valence-corrected chi connectivity index (χ2v) is 1.36. The summed E-state index contributed by atoms with van der Waals surface area (Å²) in [6, 6.07) is 0. The number of methoxy groups -OCH3 is 2. The van der Waals surface area contributed by atoms with Gasteiger partial charge in [-0.05, 0) is 13.8 Å². The number of ether oxygens (including phenoxy) is 2. The molecular formula is C6H16O3. The zero-order valence-electron chi connectivity index (χ0n) is 6.55. The van der Waals surface area contributed by atoms with Crippen molar-refractivity contribution in [1.29, 1.82) is 0 Å². The summed E-state index contributed by atoms with van der Waals surface area (Å²) in [5, 5.41) is 7.57. The average molecular weight is 136 g/mol. The molecule has 0 bridgehead atoms. The lowest BCUT2D eigenvalue weighted by Crippen LogP contribution is -2.05. The molecule has 0 aliphatic rings. The van der Waals surface area contributed by atoms with Gasteiger partial charge in [0.1, 0.15) is 0 Å². The van der Waals surface area contributed by atoms with Crippen molar-refractivity contribution in [3.05, 3.63) is 0 Å². The number of aliphatic hydroxyl groups is 1. The summed E-state index contributed by atoms with van der Waals surface area (Å²) in [4.78, 5) is 0. The Kier molecular flexibility index (Phi) is 14.0. The monoisotopic (exact) mass is 136 g/mol. The van der Waals surface area contributed by atoms with Gasteiger partial charge in [-0.25, -0.2) is 0 Å². The Morgan fingerprint density at radius 3 is 1.56 bits per heavy atom. The van der Waals surface area contributed by atoms with Crippen LogP contribution in [-0.2, 0) is 9.47 Å². The summed E-state index contributed by atoms with van der Waals surface area (Å²) < 4.78 is 9.35. The summed E-state index contributed by atoms with van der Waals surface area (Å²) >= 11 is 0. The van der Waals surface area contributed by atoms with E-state index < -0.39 is 0 Å². The summed E-state index contributed by atoms with van der Waals surface area (Å²) in [5.74, 6) is 0. The minimum absolute atomic E-state index is 0.0648. The molecule has 9 heavy (non-hydrogen) atoms. The third-order valence-electron chi connectivity index (χ3n) is 0.664. The third-order valence-corrected chi connectivity index (χ3v) is 0.664. The molecule has 0 saturated heterocycles. The highest BCUT2D eigenvalue weighted by Gasteiger charge is 1.87. The van der Waals surface area contributed by atoms with E-state index >= 15 is 0 Å².